The molecule has 3 rings (SSSR count). The van der Waals surface area contributed by atoms with Gasteiger partial charge in [0.05, 0.1) is 0 Å². The zero-order valence-corrected chi connectivity index (χ0v) is 10.7. The van der Waals surface area contributed by atoms with Gasteiger partial charge in [0.15, 0.2) is 0 Å². The molecule has 0 aromatic heterocycles. The molecule has 0 saturated carbocycles. The maximum absolute atomic E-state index is 4.18. The quantitative estimate of drug-likeness (QED) is 0.580. The van der Waals surface area contributed by atoms with E-state index in [9.17, 15) is 0 Å². The van der Waals surface area contributed by atoms with Crippen LogP contribution in [0.1, 0.15) is 5.56 Å². The monoisotopic (exact) mass is 243 g/mol. The highest BCUT2D eigenvalue weighted by Crippen LogP contribution is 2.28. The maximum atomic E-state index is 4.18. The molecule has 0 aliphatic rings. The molecule has 0 heterocycles. The number of benzene rings is 3. The summed E-state index contributed by atoms with van der Waals surface area (Å²) in [6.45, 7) is 4.18. The second-order valence-corrected chi connectivity index (χ2v) is 4.60. The van der Waals surface area contributed by atoms with Gasteiger partial charge in [-0.3, -0.25) is 0 Å². The molecule has 91 valence electrons. The lowest BCUT2D eigenvalue weighted by Crippen LogP contribution is -1.85. The summed E-state index contributed by atoms with van der Waals surface area (Å²) >= 11 is 0. The highest BCUT2D eigenvalue weighted by atomic mass is 14.1. The second-order valence-electron chi connectivity index (χ2n) is 4.60. The van der Waals surface area contributed by atoms with Crippen molar-refractivity contribution in [1.82, 2.24) is 0 Å². The Hall–Kier alpha value is -2.34. The van der Waals surface area contributed by atoms with Crippen molar-refractivity contribution in [2.24, 2.45) is 0 Å². The van der Waals surface area contributed by atoms with Crippen LogP contribution in [0.4, 0.5) is 0 Å². The Bertz CT molecular complexity index is 667. The number of hydrogen-bond acceptors (Lipinski definition) is 0. The molecule has 1 radical (unpaired) electrons. The Kier molecular flexibility index (Phi) is 3.16. The van der Waals surface area contributed by atoms with Crippen molar-refractivity contribution in [2.75, 3.05) is 0 Å². The van der Waals surface area contributed by atoms with Gasteiger partial charge in [-0.25, -0.2) is 0 Å². The number of hydrogen-bond donors (Lipinski definition) is 0. The van der Waals surface area contributed by atoms with Gasteiger partial charge in [-0.05, 0) is 34.7 Å². The van der Waals surface area contributed by atoms with Crippen LogP contribution in [0.25, 0.3) is 22.3 Å². The summed E-state index contributed by atoms with van der Waals surface area (Å²) < 4.78 is 0. The molecule has 0 spiro atoms. The first-order chi connectivity index (χ1) is 9.34. The van der Waals surface area contributed by atoms with Crippen LogP contribution in [0.3, 0.4) is 0 Å². The van der Waals surface area contributed by atoms with Crippen molar-refractivity contribution in [2.45, 2.75) is 0 Å². The van der Waals surface area contributed by atoms with Gasteiger partial charge in [-0.2, -0.15) is 0 Å². The van der Waals surface area contributed by atoms with Crippen LogP contribution in [-0.2, 0) is 0 Å². The zero-order valence-electron chi connectivity index (χ0n) is 10.7. The van der Waals surface area contributed by atoms with E-state index in [2.05, 4.69) is 73.7 Å². The van der Waals surface area contributed by atoms with Crippen LogP contribution in [0.15, 0.2) is 78.9 Å². The van der Waals surface area contributed by atoms with Crippen LogP contribution in [0.2, 0.25) is 0 Å². The first-order valence-corrected chi connectivity index (χ1v) is 6.41. The van der Waals surface area contributed by atoms with E-state index in [0.717, 1.165) is 5.56 Å². The third-order valence-electron chi connectivity index (χ3n) is 3.30. The first kappa shape index (κ1) is 11.7. The van der Waals surface area contributed by atoms with Crippen LogP contribution in [0.5, 0.6) is 0 Å². The van der Waals surface area contributed by atoms with Crippen LogP contribution in [-0.4, -0.2) is 0 Å². The van der Waals surface area contributed by atoms with Gasteiger partial charge < -0.3 is 0 Å². The van der Waals surface area contributed by atoms with Gasteiger partial charge in [-0.15, -0.1) is 0 Å². The van der Waals surface area contributed by atoms with E-state index in [0.29, 0.717) is 0 Å². The van der Waals surface area contributed by atoms with Gasteiger partial charge >= 0.3 is 0 Å². The molecule has 0 saturated heterocycles. The van der Waals surface area contributed by atoms with Crippen LogP contribution < -0.4 is 0 Å². The summed E-state index contributed by atoms with van der Waals surface area (Å²) in [6, 6.07) is 27.2. The standard InChI is InChI=1S/C19H15/c1-15-14-18(16-8-4-2-5-9-16)12-13-19(15)17-10-6-3-7-11-17/h2-14H,1H2. The van der Waals surface area contributed by atoms with E-state index in [1.165, 1.54) is 22.3 Å². The Morgan fingerprint density at radius 3 is 1.68 bits per heavy atom. The summed E-state index contributed by atoms with van der Waals surface area (Å²) in [5, 5.41) is 0. The third-order valence-corrected chi connectivity index (χ3v) is 3.30. The molecular weight excluding hydrogens is 228 g/mol. The average Bonchev–Trinajstić information content (AvgIpc) is 2.49. The molecule has 0 fully saturated rings. The fraction of sp³-hybridized carbons (Fsp3) is 0. The third kappa shape index (κ3) is 2.43. The highest BCUT2D eigenvalue weighted by Gasteiger charge is 2.03. The number of rotatable bonds is 2. The maximum Gasteiger partial charge on any atom is -0.0151 e. The minimum Gasteiger partial charge on any atom is -0.0622 e. The Balaban J connectivity index is 2.04. The second kappa shape index (κ2) is 5.11. The zero-order chi connectivity index (χ0) is 13.1. The molecule has 0 unspecified atom stereocenters. The van der Waals surface area contributed by atoms with Crippen molar-refractivity contribution >= 4 is 0 Å². The molecule has 0 N–H and O–H groups in total. The van der Waals surface area contributed by atoms with Gasteiger partial charge in [0, 0.05) is 0 Å². The molecule has 0 amide bonds. The summed E-state index contributed by atoms with van der Waals surface area (Å²) in [5.41, 5.74) is 5.91. The van der Waals surface area contributed by atoms with Gasteiger partial charge in [0.25, 0.3) is 0 Å². The van der Waals surface area contributed by atoms with Crippen molar-refractivity contribution in [3.8, 4) is 22.3 Å². The topological polar surface area (TPSA) is 0 Å². The molecule has 0 atom stereocenters. The Labute approximate surface area is 114 Å². The smallest absolute Gasteiger partial charge is 0.0151 e. The van der Waals surface area contributed by atoms with Crippen molar-refractivity contribution < 1.29 is 0 Å². The highest BCUT2D eigenvalue weighted by molar-refractivity contribution is 5.74. The minimum atomic E-state index is 1.06. The van der Waals surface area contributed by atoms with Gasteiger partial charge in [0.2, 0.25) is 0 Å². The van der Waals surface area contributed by atoms with E-state index in [1.54, 1.807) is 0 Å². The molecule has 0 aliphatic carbocycles. The minimum absolute atomic E-state index is 1.06. The predicted molar refractivity (Wildman–Crippen MR) is 81.8 cm³/mol. The SMILES string of the molecule is [CH2]c1cc(-c2ccccc2)ccc1-c1ccccc1. The molecule has 0 nitrogen and oxygen atoms in total. The fourth-order valence-corrected chi connectivity index (χ4v) is 2.30. The molecule has 0 aliphatic heterocycles. The summed E-state index contributed by atoms with van der Waals surface area (Å²) in [4.78, 5) is 0. The van der Waals surface area contributed by atoms with E-state index < -0.39 is 0 Å². The van der Waals surface area contributed by atoms with E-state index >= 15 is 0 Å². The predicted octanol–water partition coefficient (Wildman–Crippen LogP) is 5.20. The molecular formula is C19H15. The lowest BCUT2D eigenvalue weighted by Gasteiger charge is -2.09. The van der Waals surface area contributed by atoms with Crippen LogP contribution in [0, 0.1) is 6.92 Å². The van der Waals surface area contributed by atoms with Crippen LogP contribution >= 0.6 is 0 Å². The van der Waals surface area contributed by atoms with E-state index in [4.69, 9.17) is 0 Å². The molecule has 19 heavy (non-hydrogen) atoms. The van der Waals surface area contributed by atoms with E-state index in [1.807, 2.05) is 12.1 Å². The largest absolute Gasteiger partial charge is 0.0622 e. The lowest BCUT2D eigenvalue weighted by atomic mass is 9.96. The fourth-order valence-electron chi connectivity index (χ4n) is 2.30. The molecule has 0 bridgehead atoms. The first-order valence-electron chi connectivity index (χ1n) is 6.41. The Morgan fingerprint density at radius 2 is 1.11 bits per heavy atom. The summed E-state index contributed by atoms with van der Waals surface area (Å²) in [6.07, 6.45) is 0. The lowest BCUT2D eigenvalue weighted by molar-refractivity contribution is 1.54. The van der Waals surface area contributed by atoms with E-state index in [-0.39, 0.29) is 0 Å². The summed E-state index contributed by atoms with van der Waals surface area (Å²) in [7, 11) is 0. The van der Waals surface area contributed by atoms with Gasteiger partial charge in [-0.1, -0.05) is 78.9 Å². The van der Waals surface area contributed by atoms with Crippen molar-refractivity contribution in [1.29, 1.82) is 0 Å². The summed E-state index contributed by atoms with van der Waals surface area (Å²) in [5.74, 6) is 0. The molecule has 0 heteroatoms. The average molecular weight is 243 g/mol. The molecule has 3 aromatic rings. The normalized spacial score (nSPS) is 10.4. The molecule has 3 aromatic carbocycles. The van der Waals surface area contributed by atoms with Gasteiger partial charge in [0.1, 0.15) is 0 Å². The van der Waals surface area contributed by atoms with Crippen molar-refractivity contribution in [3.05, 3.63) is 91.3 Å². The van der Waals surface area contributed by atoms with Crippen molar-refractivity contribution in [3.63, 3.8) is 0 Å². The Morgan fingerprint density at radius 1 is 0.526 bits per heavy atom.